The lowest BCUT2D eigenvalue weighted by atomic mass is 10.2. The molecule has 0 spiro atoms. The highest BCUT2D eigenvalue weighted by atomic mass is 32.1. The van der Waals surface area contributed by atoms with E-state index >= 15 is 0 Å². The third-order valence-corrected chi connectivity index (χ3v) is 5.75. The zero-order valence-electron chi connectivity index (χ0n) is 16.4. The van der Waals surface area contributed by atoms with Crippen molar-refractivity contribution in [3.05, 3.63) is 41.2 Å². The molecule has 8 heteroatoms. The molecular weight excluding hydrogens is 377 g/mol. The Morgan fingerprint density at radius 1 is 1.29 bits per heavy atom. The first-order valence-corrected chi connectivity index (χ1v) is 10.6. The largest absolute Gasteiger partial charge is 0.352 e. The first kappa shape index (κ1) is 20.7. The zero-order valence-corrected chi connectivity index (χ0v) is 17.3. The second kappa shape index (κ2) is 9.95. The molecule has 2 heterocycles. The first-order valence-electron chi connectivity index (χ1n) is 9.69. The summed E-state index contributed by atoms with van der Waals surface area (Å²) in [4.78, 5) is 21.6. The van der Waals surface area contributed by atoms with Gasteiger partial charge in [-0.2, -0.15) is 0 Å². The van der Waals surface area contributed by atoms with Crippen LogP contribution in [0, 0.1) is 5.82 Å². The molecule has 1 aromatic carbocycles. The zero-order chi connectivity index (χ0) is 19.9. The summed E-state index contributed by atoms with van der Waals surface area (Å²) in [5.41, 5.74) is 1.07. The summed E-state index contributed by atoms with van der Waals surface area (Å²) in [5, 5.41) is 8.52. The van der Waals surface area contributed by atoms with Crippen LogP contribution in [0.3, 0.4) is 0 Å². The van der Waals surface area contributed by atoms with Gasteiger partial charge in [0.1, 0.15) is 5.82 Å². The van der Waals surface area contributed by atoms with Gasteiger partial charge in [-0.3, -0.25) is 9.69 Å². The molecule has 1 saturated heterocycles. The molecule has 0 bridgehead atoms. The Kier molecular flexibility index (Phi) is 7.36. The third-order valence-electron chi connectivity index (χ3n) is 4.94. The standard InChI is InChI=1S/C20H28FN5OS/c1-3-15(13-26-10-8-25(2)9-11-26)22-19(27)12-16-14-28-20(23-16)24-18-7-5-4-6-17(18)21/h4-7,14-15H,3,8-13H2,1-2H3,(H,22,27)(H,23,24)/t15-/m0/s1. The fraction of sp³-hybridized carbons (Fsp3) is 0.500. The average molecular weight is 406 g/mol. The predicted molar refractivity (Wildman–Crippen MR) is 112 cm³/mol. The van der Waals surface area contributed by atoms with E-state index in [2.05, 4.69) is 39.4 Å². The van der Waals surface area contributed by atoms with Gasteiger partial charge in [-0.1, -0.05) is 19.1 Å². The van der Waals surface area contributed by atoms with E-state index in [9.17, 15) is 9.18 Å². The molecule has 152 valence electrons. The number of carbonyl (C=O) groups is 1. The summed E-state index contributed by atoms with van der Waals surface area (Å²) in [7, 11) is 2.14. The van der Waals surface area contributed by atoms with Crippen LogP contribution in [-0.2, 0) is 11.2 Å². The number of anilines is 2. The Morgan fingerprint density at radius 2 is 2.04 bits per heavy atom. The van der Waals surface area contributed by atoms with Crippen LogP contribution in [0.4, 0.5) is 15.2 Å². The molecule has 28 heavy (non-hydrogen) atoms. The molecule has 0 unspecified atom stereocenters. The minimum atomic E-state index is -0.327. The molecule has 0 saturated carbocycles. The molecule has 6 nitrogen and oxygen atoms in total. The van der Waals surface area contributed by atoms with Gasteiger partial charge in [-0.05, 0) is 25.6 Å². The van der Waals surface area contributed by atoms with Gasteiger partial charge in [0.2, 0.25) is 5.91 Å². The minimum absolute atomic E-state index is 0.0243. The number of aromatic nitrogens is 1. The lowest BCUT2D eigenvalue weighted by Crippen LogP contribution is -2.50. The SMILES string of the molecule is CC[C@@H](CN1CCN(C)CC1)NC(=O)Cc1csc(Nc2ccccc2F)n1. The van der Waals surface area contributed by atoms with Crippen molar-refractivity contribution in [2.45, 2.75) is 25.8 Å². The van der Waals surface area contributed by atoms with Crippen molar-refractivity contribution < 1.29 is 9.18 Å². The van der Waals surface area contributed by atoms with Crippen LogP contribution < -0.4 is 10.6 Å². The number of hydrogen-bond donors (Lipinski definition) is 2. The van der Waals surface area contributed by atoms with Gasteiger partial charge in [0, 0.05) is 44.1 Å². The van der Waals surface area contributed by atoms with Crippen molar-refractivity contribution in [3.8, 4) is 0 Å². The second-order valence-electron chi connectivity index (χ2n) is 7.20. The number of halogens is 1. The van der Waals surface area contributed by atoms with Crippen LogP contribution in [0.15, 0.2) is 29.6 Å². The van der Waals surface area contributed by atoms with Crippen LogP contribution in [0.1, 0.15) is 19.0 Å². The number of thiazole rings is 1. The Labute approximate surface area is 169 Å². The number of nitrogens with zero attached hydrogens (tertiary/aromatic N) is 3. The molecule has 2 aromatic rings. The van der Waals surface area contributed by atoms with Gasteiger partial charge in [-0.15, -0.1) is 11.3 Å². The summed E-state index contributed by atoms with van der Waals surface area (Å²) in [6.07, 6.45) is 1.13. The van der Waals surface area contributed by atoms with Crippen LogP contribution in [0.25, 0.3) is 0 Å². The van der Waals surface area contributed by atoms with Crippen molar-refractivity contribution in [2.75, 3.05) is 45.1 Å². The van der Waals surface area contributed by atoms with E-state index in [4.69, 9.17) is 0 Å². The Bertz CT molecular complexity index is 775. The number of rotatable bonds is 8. The van der Waals surface area contributed by atoms with Crippen LogP contribution >= 0.6 is 11.3 Å². The second-order valence-corrected chi connectivity index (χ2v) is 8.06. The lowest BCUT2D eigenvalue weighted by Gasteiger charge is -2.34. The number of para-hydroxylation sites is 1. The highest BCUT2D eigenvalue weighted by Crippen LogP contribution is 2.23. The van der Waals surface area contributed by atoms with Crippen molar-refractivity contribution in [3.63, 3.8) is 0 Å². The highest BCUT2D eigenvalue weighted by molar-refractivity contribution is 7.13. The fourth-order valence-electron chi connectivity index (χ4n) is 3.19. The van der Waals surface area contributed by atoms with E-state index in [1.54, 1.807) is 18.2 Å². The van der Waals surface area contributed by atoms with Crippen molar-refractivity contribution >= 4 is 28.1 Å². The maximum atomic E-state index is 13.7. The molecule has 1 aromatic heterocycles. The average Bonchev–Trinajstić information content (AvgIpc) is 3.11. The number of amides is 1. The van der Waals surface area contributed by atoms with E-state index in [1.165, 1.54) is 17.4 Å². The van der Waals surface area contributed by atoms with Crippen LogP contribution in [0.2, 0.25) is 0 Å². The maximum absolute atomic E-state index is 13.7. The van der Waals surface area contributed by atoms with Gasteiger partial charge in [0.25, 0.3) is 0 Å². The first-order chi connectivity index (χ1) is 13.5. The summed E-state index contributed by atoms with van der Waals surface area (Å²) < 4.78 is 13.7. The molecule has 1 aliphatic heterocycles. The van der Waals surface area contributed by atoms with Gasteiger partial charge in [0.15, 0.2) is 5.13 Å². The van der Waals surface area contributed by atoms with Gasteiger partial charge < -0.3 is 15.5 Å². The van der Waals surface area contributed by atoms with E-state index < -0.39 is 0 Å². The molecule has 1 aliphatic rings. The molecule has 1 amide bonds. The van der Waals surface area contributed by atoms with E-state index in [-0.39, 0.29) is 24.2 Å². The van der Waals surface area contributed by atoms with Gasteiger partial charge >= 0.3 is 0 Å². The van der Waals surface area contributed by atoms with Crippen LogP contribution in [0.5, 0.6) is 0 Å². The third kappa shape index (κ3) is 5.98. The molecule has 0 aliphatic carbocycles. The number of likely N-dealkylation sites (N-methyl/N-ethyl adjacent to an activating group) is 1. The summed E-state index contributed by atoms with van der Waals surface area (Å²) in [6, 6.07) is 6.61. The molecule has 1 fully saturated rings. The minimum Gasteiger partial charge on any atom is -0.352 e. The number of hydrogen-bond acceptors (Lipinski definition) is 6. The van der Waals surface area contributed by atoms with Crippen molar-refractivity contribution in [1.82, 2.24) is 20.1 Å². The molecule has 1 atom stereocenters. The lowest BCUT2D eigenvalue weighted by molar-refractivity contribution is -0.121. The van der Waals surface area contributed by atoms with Crippen molar-refractivity contribution in [1.29, 1.82) is 0 Å². The quantitative estimate of drug-likeness (QED) is 0.707. The molecule has 3 rings (SSSR count). The summed E-state index contributed by atoms with van der Waals surface area (Å²) >= 11 is 1.37. The Hall–Kier alpha value is -2.03. The highest BCUT2D eigenvalue weighted by Gasteiger charge is 2.19. The number of carbonyl (C=O) groups excluding carboxylic acids is 1. The van der Waals surface area contributed by atoms with E-state index in [1.807, 2.05) is 5.38 Å². The molecule has 0 radical (unpaired) electrons. The number of benzene rings is 1. The van der Waals surface area contributed by atoms with E-state index in [0.29, 0.717) is 16.5 Å². The topological polar surface area (TPSA) is 60.5 Å². The fourth-order valence-corrected chi connectivity index (χ4v) is 3.91. The maximum Gasteiger partial charge on any atom is 0.226 e. The van der Waals surface area contributed by atoms with Crippen LogP contribution in [-0.4, -0.2) is 66.5 Å². The molecular formula is C20H28FN5OS. The number of piperazine rings is 1. The summed E-state index contributed by atoms with van der Waals surface area (Å²) in [5.74, 6) is -0.351. The van der Waals surface area contributed by atoms with E-state index in [0.717, 1.165) is 39.1 Å². The number of nitrogens with one attached hydrogen (secondary N) is 2. The van der Waals surface area contributed by atoms with Gasteiger partial charge in [0.05, 0.1) is 17.8 Å². The smallest absolute Gasteiger partial charge is 0.226 e. The van der Waals surface area contributed by atoms with Gasteiger partial charge in [-0.25, -0.2) is 9.37 Å². The monoisotopic (exact) mass is 405 g/mol. The normalized spacial score (nSPS) is 16.7. The Balaban J connectivity index is 1.48. The summed E-state index contributed by atoms with van der Waals surface area (Å²) in [6.45, 7) is 7.20. The Morgan fingerprint density at radius 3 is 2.75 bits per heavy atom. The molecule has 2 N–H and O–H groups in total. The van der Waals surface area contributed by atoms with Crippen molar-refractivity contribution in [2.24, 2.45) is 0 Å². The predicted octanol–water partition coefficient (Wildman–Crippen LogP) is 2.71.